The fourth-order valence-electron chi connectivity index (χ4n) is 0.590. The van der Waals surface area contributed by atoms with Crippen molar-refractivity contribution in [2.75, 3.05) is 33.0 Å². The van der Waals surface area contributed by atoms with Gasteiger partial charge in [0.1, 0.15) is 0 Å². The average Bonchev–Trinajstić information content (AvgIpc) is 2.16. The number of hydrogen-bond acceptors (Lipinski definition) is 5. The fourth-order valence-corrected chi connectivity index (χ4v) is 0.590. The highest BCUT2D eigenvalue weighted by atomic mass is 16.5. The molecule has 0 saturated heterocycles. The van der Waals surface area contributed by atoms with Crippen LogP contribution >= 0.6 is 0 Å². The minimum absolute atomic E-state index is 0.0419. The van der Waals surface area contributed by atoms with Crippen molar-refractivity contribution in [3.8, 4) is 0 Å². The number of azide groups is 1. The van der Waals surface area contributed by atoms with E-state index in [0.29, 0.717) is 0 Å². The van der Waals surface area contributed by atoms with Gasteiger partial charge in [0.25, 0.3) is 0 Å². The third kappa shape index (κ3) is 7.51. The fraction of sp³-hybridized carbons (Fsp3) is 1.00. The number of rotatable bonds is 8. The summed E-state index contributed by atoms with van der Waals surface area (Å²) in [5.74, 6) is 0. The lowest BCUT2D eigenvalue weighted by Crippen LogP contribution is -2.17. The van der Waals surface area contributed by atoms with Gasteiger partial charge in [-0.25, -0.2) is 0 Å². The molecule has 0 bridgehead atoms. The summed E-state index contributed by atoms with van der Waals surface area (Å²) in [4.78, 5) is 2.48. The van der Waals surface area contributed by atoms with E-state index in [-0.39, 0.29) is 33.0 Å². The molecule has 1 atom stereocenters. The van der Waals surface area contributed by atoms with Gasteiger partial charge >= 0.3 is 0 Å². The predicted octanol–water partition coefficient (Wildman–Crippen LogP) is -0.359. The van der Waals surface area contributed by atoms with Gasteiger partial charge in [-0.15, -0.1) is 0 Å². The van der Waals surface area contributed by atoms with Gasteiger partial charge in [0.15, 0.2) is 6.23 Å². The summed E-state index contributed by atoms with van der Waals surface area (Å²) in [7, 11) is 0. The first-order chi connectivity index (χ1) is 6.35. The van der Waals surface area contributed by atoms with Crippen LogP contribution in [0.15, 0.2) is 5.11 Å². The van der Waals surface area contributed by atoms with Crippen molar-refractivity contribution in [2.45, 2.75) is 6.23 Å². The van der Waals surface area contributed by atoms with E-state index < -0.39 is 6.23 Å². The first-order valence-electron chi connectivity index (χ1n) is 3.80. The Hall–Kier alpha value is -0.850. The Morgan fingerprint density at radius 1 is 1.31 bits per heavy atom. The van der Waals surface area contributed by atoms with E-state index in [1.807, 2.05) is 0 Å². The smallest absolute Gasteiger partial charge is 0.159 e. The van der Waals surface area contributed by atoms with Crippen LogP contribution in [0.4, 0.5) is 0 Å². The lowest BCUT2D eigenvalue weighted by molar-refractivity contribution is -0.0202. The van der Waals surface area contributed by atoms with Crippen LogP contribution < -0.4 is 0 Å². The van der Waals surface area contributed by atoms with Gasteiger partial charge in [-0.2, -0.15) is 0 Å². The molecular weight excluding hydrogens is 178 g/mol. The molecule has 13 heavy (non-hydrogen) atoms. The van der Waals surface area contributed by atoms with Gasteiger partial charge in [-0.1, -0.05) is 5.11 Å². The number of nitrogens with zero attached hydrogens (tertiary/aromatic N) is 3. The van der Waals surface area contributed by atoms with Crippen molar-refractivity contribution in [3.05, 3.63) is 10.4 Å². The SMILES string of the molecule is [N-]=[N+]=NC(CO)OCCOCCO. The molecule has 0 amide bonds. The Balaban J connectivity index is 3.33. The zero-order chi connectivity index (χ0) is 9.94. The first kappa shape index (κ1) is 12.2. The molecule has 76 valence electrons. The molecule has 0 aliphatic heterocycles. The summed E-state index contributed by atoms with van der Waals surface area (Å²) < 4.78 is 9.77. The Kier molecular flexibility index (Phi) is 8.64. The maximum atomic E-state index is 8.59. The second kappa shape index (κ2) is 9.24. The van der Waals surface area contributed by atoms with Crippen LogP contribution in [0.2, 0.25) is 0 Å². The summed E-state index contributed by atoms with van der Waals surface area (Å²) in [5.41, 5.74) is 8.01. The highest BCUT2D eigenvalue weighted by Crippen LogP contribution is 1.92. The second-order valence-corrected chi connectivity index (χ2v) is 2.05. The van der Waals surface area contributed by atoms with Crippen molar-refractivity contribution in [3.63, 3.8) is 0 Å². The monoisotopic (exact) mass is 191 g/mol. The van der Waals surface area contributed by atoms with Crippen molar-refractivity contribution >= 4 is 0 Å². The second-order valence-electron chi connectivity index (χ2n) is 2.05. The molecule has 0 rings (SSSR count). The molecule has 0 fully saturated rings. The predicted molar refractivity (Wildman–Crippen MR) is 43.9 cm³/mol. The van der Waals surface area contributed by atoms with E-state index in [0.717, 1.165) is 0 Å². The van der Waals surface area contributed by atoms with E-state index >= 15 is 0 Å². The zero-order valence-electron chi connectivity index (χ0n) is 7.17. The Morgan fingerprint density at radius 3 is 2.62 bits per heavy atom. The Labute approximate surface area is 75.5 Å². The molecule has 0 radical (unpaired) electrons. The topological polar surface area (TPSA) is 108 Å². The Bertz CT molecular complexity index is 160. The summed E-state index contributed by atoms with van der Waals surface area (Å²) >= 11 is 0. The van der Waals surface area contributed by atoms with E-state index in [4.69, 9.17) is 25.2 Å². The molecule has 0 aliphatic carbocycles. The van der Waals surface area contributed by atoms with Crippen molar-refractivity contribution in [1.82, 2.24) is 0 Å². The lowest BCUT2D eigenvalue weighted by atomic mass is 10.6. The minimum atomic E-state index is -0.859. The third-order valence-electron chi connectivity index (χ3n) is 1.11. The van der Waals surface area contributed by atoms with Gasteiger partial charge in [0, 0.05) is 4.91 Å². The van der Waals surface area contributed by atoms with Gasteiger partial charge in [0.05, 0.1) is 33.0 Å². The normalized spacial score (nSPS) is 12.2. The largest absolute Gasteiger partial charge is 0.394 e. The van der Waals surface area contributed by atoms with E-state index in [1.165, 1.54) is 0 Å². The summed E-state index contributed by atoms with van der Waals surface area (Å²) in [5, 5.41) is 20.1. The molecule has 0 heterocycles. The molecule has 0 aromatic heterocycles. The highest BCUT2D eigenvalue weighted by Gasteiger charge is 2.02. The standard InChI is InChI=1S/C6H13N3O4/c7-9-8-6(5-11)13-4-3-12-2-1-10/h6,10-11H,1-5H2. The average molecular weight is 191 g/mol. The van der Waals surface area contributed by atoms with Crippen LogP contribution in [0.1, 0.15) is 0 Å². The molecular formula is C6H13N3O4. The Morgan fingerprint density at radius 2 is 2.08 bits per heavy atom. The summed E-state index contributed by atoms with van der Waals surface area (Å²) in [6.07, 6.45) is -0.859. The highest BCUT2D eigenvalue weighted by molar-refractivity contribution is 4.52. The van der Waals surface area contributed by atoms with Crippen LogP contribution in [0.5, 0.6) is 0 Å². The quantitative estimate of drug-likeness (QED) is 0.236. The molecule has 7 heteroatoms. The molecule has 7 nitrogen and oxygen atoms in total. The van der Waals surface area contributed by atoms with Crippen molar-refractivity contribution in [2.24, 2.45) is 5.11 Å². The van der Waals surface area contributed by atoms with Gasteiger partial charge in [-0.05, 0) is 5.53 Å². The third-order valence-corrected chi connectivity index (χ3v) is 1.11. The van der Waals surface area contributed by atoms with Crippen molar-refractivity contribution in [1.29, 1.82) is 0 Å². The molecule has 0 saturated carbocycles. The molecule has 2 N–H and O–H groups in total. The molecule has 1 unspecified atom stereocenters. The first-order valence-corrected chi connectivity index (χ1v) is 3.80. The maximum absolute atomic E-state index is 8.59. The van der Waals surface area contributed by atoms with E-state index in [9.17, 15) is 0 Å². The van der Waals surface area contributed by atoms with E-state index in [2.05, 4.69) is 10.0 Å². The number of ether oxygens (including phenoxy) is 2. The van der Waals surface area contributed by atoms with Crippen LogP contribution in [0, 0.1) is 0 Å². The van der Waals surface area contributed by atoms with Gasteiger partial charge in [-0.3, -0.25) is 0 Å². The number of aliphatic hydroxyl groups is 2. The van der Waals surface area contributed by atoms with Crippen LogP contribution in [-0.2, 0) is 9.47 Å². The molecule has 0 aliphatic rings. The summed E-state index contributed by atoms with van der Waals surface area (Å²) in [6.45, 7) is 0.348. The molecule has 0 aromatic carbocycles. The number of aliphatic hydroxyl groups excluding tert-OH is 2. The van der Waals surface area contributed by atoms with Crippen LogP contribution in [0.3, 0.4) is 0 Å². The molecule has 0 aromatic rings. The number of hydrogen-bond donors (Lipinski definition) is 2. The van der Waals surface area contributed by atoms with E-state index in [1.54, 1.807) is 0 Å². The van der Waals surface area contributed by atoms with Crippen molar-refractivity contribution < 1.29 is 19.7 Å². The van der Waals surface area contributed by atoms with Gasteiger partial charge in [0.2, 0.25) is 0 Å². The van der Waals surface area contributed by atoms with Crippen LogP contribution in [-0.4, -0.2) is 49.5 Å². The summed E-state index contributed by atoms with van der Waals surface area (Å²) in [6, 6.07) is 0. The lowest BCUT2D eigenvalue weighted by Gasteiger charge is -2.08. The molecule has 0 spiro atoms. The minimum Gasteiger partial charge on any atom is -0.394 e. The maximum Gasteiger partial charge on any atom is 0.159 e. The zero-order valence-corrected chi connectivity index (χ0v) is 7.17. The van der Waals surface area contributed by atoms with Crippen LogP contribution in [0.25, 0.3) is 10.4 Å². The van der Waals surface area contributed by atoms with Gasteiger partial charge < -0.3 is 19.7 Å².